The second kappa shape index (κ2) is 7.33. The molecule has 1 amide bonds. The first-order valence-electron chi connectivity index (χ1n) is 7.02. The van der Waals surface area contributed by atoms with E-state index >= 15 is 0 Å². The van der Waals surface area contributed by atoms with Gasteiger partial charge in [0.2, 0.25) is 5.91 Å². The summed E-state index contributed by atoms with van der Waals surface area (Å²) in [6, 6.07) is 0. The number of carbonyl (C=O) groups is 1. The lowest BCUT2D eigenvalue weighted by Gasteiger charge is -2.19. The van der Waals surface area contributed by atoms with E-state index in [2.05, 4.69) is 10.5 Å². The minimum Gasteiger partial charge on any atom is -0.409 e. The molecule has 0 spiro atoms. The van der Waals surface area contributed by atoms with Crippen molar-refractivity contribution in [1.82, 2.24) is 10.2 Å². The van der Waals surface area contributed by atoms with E-state index in [1.54, 1.807) is 0 Å². The lowest BCUT2D eigenvalue weighted by atomic mass is 10.0. The summed E-state index contributed by atoms with van der Waals surface area (Å²) in [6.07, 6.45) is 3.35. The second-order valence-electron chi connectivity index (χ2n) is 5.26. The molecule has 0 radical (unpaired) electrons. The molecule has 1 aliphatic rings. The molecule has 1 saturated carbocycles. The van der Waals surface area contributed by atoms with Gasteiger partial charge in [0, 0.05) is 39.0 Å². The maximum Gasteiger partial charge on any atom is 0.223 e. The van der Waals surface area contributed by atoms with Crippen LogP contribution in [-0.2, 0) is 4.79 Å². The molecule has 110 valence electrons. The van der Waals surface area contributed by atoms with Gasteiger partial charge in [-0.05, 0) is 32.1 Å². The van der Waals surface area contributed by atoms with Gasteiger partial charge >= 0.3 is 0 Å². The maximum absolute atomic E-state index is 11.8. The molecule has 0 aromatic heterocycles. The number of amides is 1. The number of carbonyl (C=O) groups excluding carboxylic acids is 1. The van der Waals surface area contributed by atoms with Crippen molar-refractivity contribution in [1.29, 1.82) is 0 Å². The number of nitrogens with one attached hydrogen (secondary N) is 1. The Balaban J connectivity index is 2.19. The number of nitrogens with zero attached hydrogens (tertiary/aromatic N) is 2. The highest BCUT2D eigenvalue weighted by Gasteiger charge is 2.42. The van der Waals surface area contributed by atoms with Crippen LogP contribution in [0, 0.1) is 5.41 Å². The van der Waals surface area contributed by atoms with Gasteiger partial charge in [-0.3, -0.25) is 4.79 Å². The number of hydrogen-bond acceptors (Lipinski definition) is 4. The topological polar surface area (TPSA) is 91.0 Å². The zero-order valence-electron chi connectivity index (χ0n) is 12.0. The van der Waals surface area contributed by atoms with Crippen LogP contribution < -0.4 is 11.1 Å². The molecule has 19 heavy (non-hydrogen) atoms. The molecule has 4 N–H and O–H groups in total. The van der Waals surface area contributed by atoms with E-state index in [-0.39, 0.29) is 11.3 Å². The fourth-order valence-corrected chi connectivity index (χ4v) is 2.30. The largest absolute Gasteiger partial charge is 0.409 e. The predicted molar refractivity (Wildman–Crippen MR) is 75.1 cm³/mol. The Kier molecular flexibility index (Phi) is 6.08. The third kappa shape index (κ3) is 5.06. The Morgan fingerprint density at radius 3 is 2.53 bits per heavy atom. The number of oxime groups is 1. The van der Waals surface area contributed by atoms with Gasteiger partial charge in [-0.2, -0.15) is 0 Å². The minimum absolute atomic E-state index is 0.147. The number of hydrogen-bond donors (Lipinski definition) is 3. The Hall–Kier alpha value is -1.30. The monoisotopic (exact) mass is 270 g/mol. The summed E-state index contributed by atoms with van der Waals surface area (Å²) in [6.45, 7) is 7.03. The molecule has 0 heterocycles. The van der Waals surface area contributed by atoms with Crippen LogP contribution in [0.1, 0.15) is 39.5 Å². The van der Waals surface area contributed by atoms with Crippen LogP contribution in [0.25, 0.3) is 0 Å². The lowest BCUT2D eigenvalue weighted by molar-refractivity contribution is -0.130. The molecule has 6 heteroatoms. The van der Waals surface area contributed by atoms with Gasteiger partial charge in [0.05, 0.1) is 0 Å². The first-order chi connectivity index (χ1) is 9.06. The summed E-state index contributed by atoms with van der Waals surface area (Å²) in [4.78, 5) is 13.6. The average molecular weight is 270 g/mol. The Labute approximate surface area is 115 Å². The number of nitrogens with two attached hydrogens (primary N) is 1. The zero-order chi connectivity index (χ0) is 14.3. The first kappa shape index (κ1) is 15.8. The fraction of sp³-hybridized carbons (Fsp3) is 0.846. The van der Waals surface area contributed by atoms with Crippen molar-refractivity contribution in [2.75, 3.05) is 26.2 Å². The van der Waals surface area contributed by atoms with Gasteiger partial charge in [0.25, 0.3) is 0 Å². The molecule has 6 nitrogen and oxygen atoms in total. The standard InChI is InChI=1S/C13H26N4O2/c1-3-17(4-2)12(18)5-8-15-10-13(6-7-13)9-11(14)16-19/h15,19H,3-10H2,1-2H3,(H2,14,16). The average Bonchev–Trinajstić information content (AvgIpc) is 3.16. The molecule has 0 unspecified atom stereocenters. The number of rotatable bonds is 9. The van der Waals surface area contributed by atoms with Gasteiger partial charge < -0.3 is 21.2 Å². The minimum atomic E-state index is 0.147. The summed E-state index contributed by atoms with van der Waals surface area (Å²) in [5.41, 5.74) is 5.69. The SMILES string of the molecule is CCN(CC)C(=O)CCNCC1(CC(N)=NO)CC1. The molecule has 1 aliphatic carbocycles. The van der Waals surface area contributed by atoms with Crippen LogP contribution in [0.5, 0.6) is 0 Å². The van der Waals surface area contributed by atoms with Crippen molar-refractivity contribution in [3.8, 4) is 0 Å². The first-order valence-corrected chi connectivity index (χ1v) is 7.02. The summed E-state index contributed by atoms with van der Waals surface area (Å²) < 4.78 is 0. The molecule has 1 rings (SSSR count). The maximum atomic E-state index is 11.8. The van der Waals surface area contributed by atoms with Crippen LogP contribution >= 0.6 is 0 Å². The summed E-state index contributed by atoms with van der Waals surface area (Å²) in [5.74, 6) is 0.484. The molecule has 0 aromatic rings. The van der Waals surface area contributed by atoms with Crippen LogP contribution in [0.2, 0.25) is 0 Å². The van der Waals surface area contributed by atoms with Gasteiger partial charge in [0.1, 0.15) is 5.84 Å². The highest BCUT2D eigenvalue weighted by atomic mass is 16.4. The van der Waals surface area contributed by atoms with Gasteiger partial charge in [-0.15, -0.1) is 0 Å². The van der Waals surface area contributed by atoms with E-state index in [1.807, 2.05) is 18.7 Å². The lowest BCUT2D eigenvalue weighted by Crippen LogP contribution is -2.34. The highest BCUT2D eigenvalue weighted by Crippen LogP contribution is 2.48. The summed E-state index contributed by atoms with van der Waals surface area (Å²) >= 11 is 0. The van der Waals surface area contributed by atoms with Crippen molar-refractivity contribution in [3.63, 3.8) is 0 Å². The van der Waals surface area contributed by atoms with Gasteiger partial charge in [0.15, 0.2) is 0 Å². The zero-order valence-corrected chi connectivity index (χ0v) is 12.0. The Morgan fingerprint density at radius 2 is 2.05 bits per heavy atom. The van der Waals surface area contributed by atoms with Crippen LogP contribution in [-0.4, -0.2) is 48.0 Å². The molecule has 1 fully saturated rings. The Bertz CT molecular complexity index is 323. The number of amidine groups is 1. The van der Waals surface area contributed by atoms with E-state index in [0.717, 1.165) is 32.5 Å². The summed E-state index contributed by atoms with van der Waals surface area (Å²) in [7, 11) is 0. The predicted octanol–water partition coefficient (Wildman–Crippen LogP) is 0.751. The van der Waals surface area contributed by atoms with Crippen LogP contribution in [0.4, 0.5) is 0 Å². The molecule has 0 saturated heterocycles. The van der Waals surface area contributed by atoms with Crippen molar-refractivity contribution in [3.05, 3.63) is 0 Å². The van der Waals surface area contributed by atoms with E-state index in [1.165, 1.54) is 0 Å². The second-order valence-corrected chi connectivity index (χ2v) is 5.26. The van der Waals surface area contributed by atoms with E-state index in [9.17, 15) is 4.79 Å². The fourth-order valence-electron chi connectivity index (χ4n) is 2.30. The quantitative estimate of drug-likeness (QED) is 0.190. The van der Waals surface area contributed by atoms with Gasteiger partial charge in [-0.1, -0.05) is 5.16 Å². The van der Waals surface area contributed by atoms with E-state index < -0.39 is 0 Å². The molecular formula is C13H26N4O2. The van der Waals surface area contributed by atoms with Crippen molar-refractivity contribution in [2.45, 2.75) is 39.5 Å². The third-order valence-electron chi connectivity index (χ3n) is 3.77. The van der Waals surface area contributed by atoms with Gasteiger partial charge in [-0.25, -0.2) is 0 Å². The molecule has 0 atom stereocenters. The van der Waals surface area contributed by atoms with E-state index in [0.29, 0.717) is 25.2 Å². The summed E-state index contributed by atoms with van der Waals surface area (Å²) in [5, 5.41) is 14.9. The van der Waals surface area contributed by atoms with E-state index in [4.69, 9.17) is 10.9 Å². The van der Waals surface area contributed by atoms with Crippen molar-refractivity contribution in [2.24, 2.45) is 16.3 Å². The normalized spacial score (nSPS) is 17.3. The molecular weight excluding hydrogens is 244 g/mol. The smallest absolute Gasteiger partial charge is 0.223 e. The highest BCUT2D eigenvalue weighted by molar-refractivity contribution is 5.80. The molecule has 0 aliphatic heterocycles. The van der Waals surface area contributed by atoms with Crippen molar-refractivity contribution < 1.29 is 10.0 Å². The third-order valence-corrected chi connectivity index (χ3v) is 3.77. The van der Waals surface area contributed by atoms with Crippen LogP contribution in [0.3, 0.4) is 0 Å². The van der Waals surface area contributed by atoms with Crippen LogP contribution in [0.15, 0.2) is 5.16 Å². The van der Waals surface area contributed by atoms with Crippen molar-refractivity contribution >= 4 is 11.7 Å². The molecule has 0 bridgehead atoms. The Morgan fingerprint density at radius 1 is 1.42 bits per heavy atom. The molecule has 0 aromatic carbocycles.